The lowest BCUT2D eigenvalue weighted by atomic mass is 9.75. The van der Waals surface area contributed by atoms with Crippen molar-refractivity contribution in [1.29, 1.82) is 0 Å². The molecule has 0 radical (unpaired) electrons. The van der Waals surface area contributed by atoms with Gasteiger partial charge < -0.3 is 18.9 Å². The molecule has 194 valence electrons. The number of nitrogens with zero attached hydrogens (tertiary/aromatic N) is 2. The van der Waals surface area contributed by atoms with Crippen LogP contribution in [0.15, 0.2) is 42.7 Å². The van der Waals surface area contributed by atoms with Crippen LogP contribution in [0.5, 0.6) is 5.75 Å². The highest BCUT2D eigenvalue weighted by molar-refractivity contribution is 5.98. The fraction of sp³-hybridized carbons (Fsp3) is 0.500. The third-order valence-corrected chi connectivity index (χ3v) is 7.11. The Morgan fingerprint density at radius 2 is 1.92 bits per heavy atom. The van der Waals surface area contributed by atoms with Crippen molar-refractivity contribution in [3.8, 4) is 5.75 Å². The summed E-state index contributed by atoms with van der Waals surface area (Å²) in [6.45, 7) is 11.1. The van der Waals surface area contributed by atoms with Gasteiger partial charge in [-0.25, -0.2) is 14.2 Å². The molecule has 4 rings (SSSR count). The van der Waals surface area contributed by atoms with Gasteiger partial charge >= 0.3 is 12.1 Å². The van der Waals surface area contributed by atoms with Crippen molar-refractivity contribution in [2.75, 3.05) is 34.4 Å². The van der Waals surface area contributed by atoms with Crippen LogP contribution >= 0.6 is 0 Å². The standard InChI is InChI=1S/C28H36N2O6/c1-8-17-15-29-13-12-18-24-21(10-9-11-23(24)34-6)30(27(32)36-28(2,3)4)25(18)22(29)14-19(17)20(16-33-5)26(31)35-7/h8-11,16-17,19,22H,1,12-15H2,2-7H3/b20-16+/t17-,19-,22-/m0/s1. The maximum atomic E-state index is 13.6. The lowest BCUT2D eigenvalue weighted by molar-refractivity contribution is -0.137. The van der Waals surface area contributed by atoms with Gasteiger partial charge in [0.15, 0.2) is 0 Å². The molecule has 0 saturated carbocycles. The highest BCUT2D eigenvalue weighted by Crippen LogP contribution is 2.48. The summed E-state index contributed by atoms with van der Waals surface area (Å²) in [5.41, 5.74) is 2.55. The van der Waals surface area contributed by atoms with E-state index in [1.807, 2.05) is 45.0 Å². The summed E-state index contributed by atoms with van der Waals surface area (Å²) < 4.78 is 23.6. The Morgan fingerprint density at radius 3 is 2.53 bits per heavy atom. The first-order valence-corrected chi connectivity index (χ1v) is 12.3. The third-order valence-electron chi connectivity index (χ3n) is 7.11. The van der Waals surface area contributed by atoms with Crippen LogP contribution in [0.1, 0.15) is 44.5 Å². The molecule has 1 aromatic carbocycles. The minimum absolute atomic E-state index is 0.0252. The van der Waals surface area contributed by atoms with Crippen molar-refractivity contribution in [2.45, 2.75) is 45.3 Å². The molecular weight excluding hydrogens is 460 g/mol. The van der Waals surface area contributed by atoms with E-state index in [0.717, 1.165) is 40.9 Å². The molecule has 1 saturated heterocycles. The van der Waals surface area contributed by atoms with Crippen molar-refractivity contribution in [1.82, 2.24) is 9.47 Å². The van der Waals surface area contributed by atoms with Crippen LogP contribution in [0.2, 0.25) is 0 Å². The topological polar surface area (TPSA) is 79.2 Å². The first kappa shape index (κ1) is 25.8. The van der Waals surface area contributed by atoms with Crippen molar-refractivity contribution < 1.29 is 28.5 Å². The Labute approximate surface area is 212 Å². The van der Waals surface area contributed by atoms with Crippen molar-refractivity contribution in [3.63, 3.8) is 0 Å². The molecule has 0 N–H and O–H groups in total. The number of piperidine rings is 1. The van der Waals surface area contributed by atoms with Gasteiger partial charge in [-0.1, -0.05) is 12.1 Å². The summed E-state index contributed by atoms with van der Waals surface area (Å²) in [6.07, 6.45) is 4.31. The smallest absolute Gasteiger partial charge is 0.419 e. The van der Waals surface area contributed by atoms with Crippen molar-refractivity contribution >= 4 is 23.0 Å². The summed E-state index contributed by atoms with van der Waals surface area (Å²) in [6, 6.07) is 5.62. The third kappa shape index (κ3) is 4.50. The fourth-order valence-electron chi connectivity index (χ4n) is 5.68. The number of aromatic nitrogens is 1. The highest BCUT2D eigenvalue weighted by Gasteiger charge is 2.44. The average Bonchev–Trinajstić information content (AvgIpc) is 3.20. The molecule has 2 aliphatic rings. The molecule has 2 aliphatic heterocycles. The van der Waals surface area contributed by atoms with E-state index in [1.165, 1.54) is 20.5 Å². The predicted molar refractivity (Wildman–Crippen MR) is 137 cm³/mol. The van der Waals surface area contributed by atoms with Gasteiger partial charge in [0.05, 0.1) is 50.4 Å². The molecule has 0 aliphatic carbocycles. The van der Waals surface area contributed by atoms with Gasteiger partial charge in [0.25, 0.3) is 0 Å². The van der Waals surface area contributed by atoms with E-state index in [0.29, 0.717) is 18.5 Å². The maximum absolute atomic E-state index is 13.6. The van der Waals surface area contributed by atoms with E-state index < -0.39 is 17.7 Å². The lowest BCUT2D eigenvalue weighted by Crippen LogP contribution is -2.47. The van der Waals surface area contributed by atoms with E-state index >= 15 is 0 Å². The molecule has 0 spiro atoms. The number of methoxy groups -OCH3 is 3. The van der Waals surface area contributed by atoms with Crippen LogP contribution in [0.4, 0.5) is 4.79 Å². The Hall–Kier alpha value is -3.26. The monoisotopic (exact) mass is 496 g/mol. The Balaban J connectivity index is 1.91. The normalized spacial score (nSPS) is 22.4. The van der Waals surface area contributed by atoms with Crippen LogP contribution in [-0.4, -0.2) is 61.5 Å². The molecule has 1 aromatic heterocycles. The number of carbonyl (C=O) groups excluding carboxylic acids is 2. The van der Waals surface area contributed by atoms with Crippen LogP contribution in [0.25, 0.3) is 10.9 Å². The summed E-state index contributed by atoms with van der Waals surface area (Å²) in [5, 5.41) is 0.934. The first-order chi connectivity index (χ1) is 17.1. The van der Waals surface area contributed by atoms with Gasteiger partial charge in [0.2, 0.25) is 0 Å². The molecule has 36 heavy (non-hydrogen) atoms. The molecule has 1 fully saturated rings. The Bertz CT molecular complexity index is 1200. The van der Waals surface area contributed by atoms with Crippen LogP contribution in [0.3, 0.4) is 0 Å². The van der Waals surface area contributed by atoms with E-state index in [1.54, 1.807) is 11.7 Å². The number of hydrogen-bond acceptors (Lipinski definition) is 7. The second kappa shape index (κ2) is 10.0. The summed E-state index contributed by atoms with van der Waals surface area (Å²) in [7, 11) is 4.53. The van der Waals surface area contributed by atoms with E-state index in [9.17, 15) is 9.59 Å². The van der Waals surface area contributed by atoms with Gasteiger partial charge in [0.1, 0.15) is 11.4 Å². The number of esters is 1. The van der Waals surface area contributed by atoms with Gasteiger partial charge in [0, 0.05) is 24.4 Å². The van der Waals surface area contributed by atoms with Crippen LogP contribution in [-0.2, 0) is 25.4 Å². The van der Waals surface area contributed by atoms with E-state index in [2.05, 4.69) is 11.5 Å². The van der Waals surface area contributed by atoms with E-state index in [-0.39, 0.29) is 17.9 Å². The van der Waals surface area contributed by atoms with Crippen LogP contribution in [0, 0.1) is 11.8 Å². The lowest BCUT2D eigenvalue weighted by Gasteiger charge is -2.46. The second-order valence-corrected chi connectivity index (χ2v) is 10.3. The first-order valence-electron chi connectivity index (χ1n) is 12.3. The summed E-state index contributed by atoms with van der Waals surface area (Å²) in [4.78, 5) is 28.7. The molecule has 8 nitrogen and oxygen atoms in total. The average molecular weight is 497 g/mol. The van der Waals surface area contributed by atoms with Crippen LogP contribution < -0.4 is 4.74 Å². The van der Waals surface area contributed by atoms with Gasteiger partial charge in [-0.05, 0) is 57.2 Å². The van der Waals surface area contributed by atoms with Crippen molar-refractivity contribution in [3.05, 3.63) is 53.9 Å². The number of fused-ring (bicyclic) bond motifs is 5. The molecule has 8 heteroatoms. The quantitative estimate of drug-likeness (QED) is 0.253. The largest absolute Gasteiger partial charge is 0.504 e. The summed E-state index contributed by atoms with van der Waals surface area (Å²) in [5.74, 6) is 0.143. The molecule has 3 atom stereocenters. The molecule has 0 bridgehead atoms. The zero-order valence-corrected chi connectivity index (χ0v) is 22.0. The minimum Gasteiger partial charge on any atom is -0.504 e. The van der Waals surface area contributed by atoms with E-state index in [4.69, 9.17) is 18.9 Å². The zero-order valence-electron chi connectivity index (χ0n) is 22.0. The number of benzene rings is 1. The SMILES string of the molecule is C=C[C@H]1CN2CCc3c(n(C(=O)OC(C)(C)C)c4cccc(OC)c34)[C@@H]2C[C@@H]1/C(=C\OC)C(=O)OC. The Kier molecular flexibility index (Phi) is 7.18. The number of ether oxygens (including phenoxy) is 4. The van der Waals surface area contributed by atoms with Gasteiger partial charge in [-0.3, -0.25) is 4.90 Å². The number of carbonyl (C=O) groups is 2. The van der Waals surface area contributed by atoms with Gasteiger partial charge in [-0.2, -0.15) is 0 Å². The number of rotatable bonds is 5. The highest BCUT2D eigenvalue weighted by atomic mass is 16.6. The molecule has 0 unspecified atom stereocenters. The predicted octanol–water partition coefficient (Wildman–Crippen LogP) is 4.86. The molecular formula is C28H36N2O6. The summed E-state index contributed by atoms with van der Waals surface area (Å²) >= 11 is 0. The number of hydrogen-bond donors (Lipinski definition) is 0. The van der Waals surface area contributed by atoms with Crippen molar-refractivity contribution in [2.24, 2.45) is 11.8 Å². The van der Waals surface area contributed by atoms with Gasteiger partial charge in [-0.15, -0.1) is 6.58 Å². The maximum Gasteiger partial charge on any atom is 0.419 e. The fourth-order valence-corrected chi connectivity index (χ4v) is 5.68. The molecule has 2 aromatic rings. The second-order valence-electron chi connectivity index (χ2n) is 10.3. The zero-order chi connectivity index (χ0) is 26.2. The molecule has 0 amide bonds. The minimum atomic E-state index is -0.657. The molecule has 3 heterocycles. The Morgan fingerprint density at radius 1 is 1.17 bits per heavy atom.